The molecule has 0 saturated heterocycles. The highest BCUT2D eigenvalue weighted by molar-refractivity contribution is 4.71. The van der Waals surface area contributed by atoms with Crippen LogP contribution in [-0.2, 0) is 0 Å². The van der Waals surface area contributed by atoms with Gasteiger partial charge < -0.3 is 10.8 Å². The molecule has 0 aromatic rings. The molecule has 68 valence electrons. The standard InChI is InChI=1S/C9H21NO/c1-4-5-6-7-8(2)9(3,10)11/h8,11H,4-7,10H2,1-3H3. The second-order valence-corrected chi connectivity index (χ2v) is 3.62. The lowest BCUT2D eigenvalue weighted by Crippen LogP contribution is -2.42. The SMILES string of the molecule is CCCCCC(C)C(C)(N)O. The van der Waals surface area contributed by atoms with Gasteiger partial charge >= 0.3 is 0 Å². The Bertz CT molecular complexity index is 96.2. The van der Waals surface area contributed by atoms with Crippen molar-refractivity contribution in [3.63, 3.8) is 0 Å². The molecule has 2 nitrogen and oxygen atoms in total. The van der Waals surface area contributed by atoms with Crippen LogP contribution in [0.1, 0.15) is 46.5 Å². The van der Waals surface area contributed by atoms with Crippen LogP contribution in [-0.4, -0.2) is 10.8 Å². The lowest BCUT2D eigenvalue weighted by atomic mass is 9.94. The molecule has 0 spiro atoms. The molecule has 2 heteroatoms. The van der Waals surface area contributed by atoms with Crippen LogP contribution in [0.15, 0.2) is 0 Å². The van der Waals surface area contributed by atoms with Crippen LogP contribution in [0, 0.1) is 5.92 Å². The Kier molecular flexibility index (Phi) is 4.69. The summed E-state index contributed by atoms with van der Waals surface area (Å²) in [5, 5.41) is 9.36. The van der Waals surface area contributed by atoms with E-state index in [-0.39, 0.29) is 5.92 Å². The van der Waals surface area contributed by atoms with Gasteiger partial charge in [0, 0.05) is 0 Å². The summed E-state index contributed by atoms with van der Waals surface area (Å²) in [6.45, 7) is 5.84. The molecule has 0 aliphatic carbocycles. The first-order chi connectivity index (χ1) is 4.98. The van der Waals surface area contributed by atoms with E-state index in [9.17, 15) is 5.11 Å². The van der Waals surface area contributed by atoms with Gasteiger partial charge in [-0.05, 0) is 19.3 Å². The summed E-state index contributed by atoms with van der Waals surface area (Å²) >= 11 is 0. The molecule has 11 heavy (non-hydrogen) atoms. The van der Waals surface area contributed by atoms with Crippen LogP contribution in [0.4, 0.5) is 0 Å². The molecule has 0 aromatic heterocycles. The van der Waals surface area contributed by atoms with Crippen LogP contribution < -0.4 is 5.73 Å². The van der Waals surface area contributed by atoms with Gasteiger partial charge in [-0.3, -0.25) is 0 Å². The van der Waals surface area contributed by atoms with Crippen LogP contribution in [0.2, 0.25) is 0 Å². The van der Waals surface area contributed by atoms with Crippen molar-refractivity contribution in [2.45, 2.75) is 52.2 Å². The predicted molar refractivity (Wildman–Crippen MR) is 48.1 cm³/mol. The van der Waals surface area contributed by atoms with Crippen molar-refractivity contribution in [1.29, 1.82) is 0 Å². The Balaban J connectivity index is 3.44. The van der Waals surface area contributed by atoms with E-state index in [1.165, 1.54) is 19.3 Å². The quantitative estimate of drug-likeness (QED) is 0.475. The van der Waals surface area contributed by atoms with E-state index in [0.717, 1.165) is 6.42 Å². The van der Waals surface area contributed by atoms with Gasteiger partial charge in [-0.1, -0.05) is 33.1 Å². The zero-order valence-electron chi connectivity index (χ0n) is 7.93. The van der Waals surface area contributed by atoms with Gasteiger partial charge in [0.15, 0.2) is 0 Å². The van der Waals surface area contributed by atoms with Crippen LogP contribution >= 0.6 is 0 Å². The smallest absolute Gasteiger partial charge is 0.113 e. The highest BCUT2D eigenvalue weighted by Crippen LogP contribution is 2.17. The van der Waals surface area contributed by atoms with Gasteiger partial charge in [0.05, 0.1) is 0 Å². The number of aliphatic hydroxyl groups is 1. The fraction of sp³-hybridized carbons (Fsp3) is 1.00. The van der Waals surface area contributed by atoms with E-state index >= 15 is 0 Å². The van der Waals surface area contributed by atoms with E-state index in [1.54, 1.807) is 6.92 Å². The van der Waals surface area contributed by atoms with E-state index < -0.39 is 5.72 Å². The third kappa shape index (κ3) is 5.22. The van der Waals surface area contributed by atoms with E-state index in [4.69, 9.17) is 5.73 Å². The van der Waals surface area contributed by atoms with Crippen LogP contribution in [0.5, 0.6) is 0 Å². The van der Waals surface area contributed by atoms with Crippen molar-refractivity contribution in [2.24, 2.45) is 11.7 Å². The molecule has 3 N–H and O–H groups in total. The lowest BCUT2D eigenvalue weighted by molar-refractivity contribution is 0.00815. The number of hydrogen-bond donors (Lipinski definition) is 2. The molecule has 0 amide bonds. The highest BCUT2D eigenvalue weighted by atomic mass is 16.3. The van der Waals surface area contributed by atoms with Gasteiger partial charge in [-0.2, -0.15) is 0 Å². The topological polar surface area (TPSA) is 46.2 Å². The number of hydrogen-bond acceptors (Lipinski definition) is 2. The summed E-state index contributed by atoms with van der Waals surface area (Å²) in [6, 6.07) is 0. The first-order valence-electron chi connectivity index (χ1n) is 4.49. The first kappa shape index (κ1) is 10.9. The average Bonchev–Trinajstić information content (AvgIpc) is 1.86. The molecule has 0 saturated carbocycles. The minimum atomic E-state index is -0.992. The molecule has 0 fully saturated rings. The summed E-state index contributed by atoms with van der Waals surface area (Å²) < 4.78 is 0. The Morgan fingerprint density at radius 3 is 2.36 bits per heavy atom. The predicted octanol–water partition coefficient (Wildman–Crippen LogP) is 1.87. The number of rotatable bonds is 5. The zero-order chi connectivity index (χ0) is 8.91. The molecular weight excluding hydrogens is 138 g/mol. The molecule has 0 rings (SSSR count). The van der Waals surface area contributed by atoms with Crippen molar-refractivity contribution in [3.05, 3.63) is 0 Å². The largest absolute Gasteiger partial charge is 0.376 e. The maximum Gasteiger partial charge on any atom is 0.113 e. The molecule has 2 atom stereocenters. The minimum Gasteiger partial charge on any atom is -0.376 e. The van der Waals surface area contributed by atoms with Crippen molar-refractivity contribution in [2.75, 3.05) is 0 Å². The molecule has 0 bridgehead atoms. The molecule has 0 aliphatic heterocycles. The first-order valence-corrected chi connectivity index (χ1v) is 4.49. The summed E-state index contributed by atoms with van der Waals surface area (Å²) in [5.41, 5.74) is 4.52. The molecule has 0 radical (unpaired) electrons. The van der Waals surface area contributed by atoms with Gasteiger partial charge in [0.2, 0.25) is 0 Å². The van der Waals surface area contributed by atoms with Gasteiger partial charge in [-0.15, -0.1) is 0 Å². The Hall–Kier alpha value is -0.0800. The van der Waals surface area contributed by atoms with Crippen molar-refractivity contribution in [3.8, 4) is 0 Å². The van der Waals surface area contributed by atoms with E-state index in [1.807, 2.05) is 6.92 Å². The summed E-state index contributed by atoms with van der Waals surface area (Å²) in [4.78, 5) is 0. The fourth-order valence-electron chi connectivity index (χ4n) is 0.993. The zero-order valence-corrected chi connectivity index (χ0v) is 7.93. The fourth-order valence-corrected chi connectivity index (χ4v) is 0.993. The van der Waals surface area contributed by atoms with E-state index in [2.05, 4.69) is 6.92 Å². The summed E-state index contributed by atoms with van der Waals surface area (Å²) in [6.07, 6.45) is 4.65. The molecule has 0 aliphatic rings. The highest BCUT2D eigenvalue weighted by Gasteiger charge is 2.21. The monoisotopic (exact) mass is 159 g/mol. The third-order valence-corrected chi connectivity index (χ3v) is 2.24. The third-order valence-electron chi connectivity index (χ3n) is 2.24. The summed E-state index contributed by atoms with van der Waals surface area (Å²) in [5.74, 6) is 0.203. The minimum absolute atomic E-state index is 0.203. The maximum absolute atomic E-state index is 9.36. The lowest BCUT2D eigenvalue weighted by Gasteiger charge is -2.25. The Labute approximate surface area is 69.8 Å². The van der Waals surface area contributed by atoms with Crippen molar-refractivity contribution >= 4 is 0 Å². The average molecular weight is 159 g/mol. The van der Waals surface area contributed by atoms with E-state index in [0.29, 0.717) is 0 Å². The van der Waals surface area contributed by atoms with Crippen LogP contribution in [0.25, 0.3) is 0 Å². The van der Waals surface area contributed by atoms with Crippen LogP contribution in [0.3, 0.4) is 0 Å². The Morgan fingerprint density at radius 1 is 1.45 bits per heavy atom. The second-order valence-electron chi connectivity index (χ2n) is 3.62. The molecule has 0 aromatic carbocycles. The second kappa shape index (κ2) is 4.73. The molecule has 0 heterocycles. The molecule has 2 unspecified atom stereocenters. The van der Waals surface area contributed by atoms with Gasteiger partial charge in [0.1, 0.15) is 5.72 Å². The van der Waals surface area contributed by atoms with Gasteiger partial charge in [-0.25, -0.2) is 0 Å². The molecular formula is C9H21NO. The number of unbranched alkanes of at least 4 members (excludes halogenated alkanes) is 2. The number of nitrogens with two attached hydrogens (primary N) is 1. The normalized spacial score (nSPS) is 19.4. The van der Waals surface area contributed by atoms with Gasteiger partial charge in [0.25, 0.3) is 0 Å². The van der Waals surface area contributed by atoms with Crippen molar-refractivity contribution < 1.29 is 5.11 Å². The maximum atomic E-state index is 9.36. The summed E-state index contributed by atoms with van der Waals surface area (Å²) in [7, 11) is 0. The van der Waals surface area contributed by atoms with Crippen molar-refractivity contribution in [1.82, 2.24) is 0 Å². The Morgan fingerprint density at radius 2 is 2.00 bits per heavy atom.